The predicted octanol–water partition coefficient (Wildman–Crippen LogP) is 4.34. The fourth-order valence-electron chi connectivity index (χ4n) is 2.44. The monoisotopic (exact) mass is 338 g/mol. The SMILES string of the molecule is COc1ccccc1Oc1ccc(NC(=O)c2c(C)noc2C)cc1. The normalized spacial score (nSPS) is 10.4. The molecule has 0 aliphatic carbocycles. The highest BCUT2D eigenvalue weighted by Gasteiger charge is 2.17. The molecule has 0 spiro atoms. The minimum Gasteiger partial charge on any atom is -0.493 e. The minimum atomic E-state index is -0.255. The van der Waals surface area contributed by atoms with Gasteiger partial charge in [-0.1, -0.05) is 17.3 Å². The van der Waals surface area contributed by atoms with Crippen molar-refractivity contribution in [3.05, 3.63) is 65.5 Å². The van der Waals surface area contributed by atoms with Crippen molar-refractivity contribution < 1.29 is 18.8 Å². The molecule has 0 saturated carbocycles. The Morgan fingerprint density at radius 1 is 1.04 bits per heavy atom. The smallest absolute Gasteiger partial charge is 0.261 e. The van der Waals surface area contributed by atoms with Crippen molar-refractivity contribution in [3.63, 3.8) is 0 Å². The molecule has 2 aromatic carbocycles. The Kier molecular flexibility index (Phi) is 4.70. The van der Waals surface area contributed by atoms with Gasteiger partial charge in [-0.25, -0.2) is 0 Å². The molecule has 0 bridgehead atoms. The number of hydrogen-bond acceptors (Lipinski definition) is 5. The average molecular weight is 338 g/mol. The molecule has 0 fully saturated rings. The fourth-order valence-corrected chi connectivity index (χ4v) is 2.44. The van der Waals surface area contributed by atoms with Gasteiger partial charge < -0.3 is 19.3 Å². The first-order chi connectivity index (χ1) is 12.1. The molecule has 25 heavy (non-hydrogen) atoms. The number of hydrogen-bond donors (Lipinski definition) is 1. The van der Waals surface area contributed by atoms with Gasteiger partial charge in [-0.05, 0) is 50.2 Å². The number of benzene rings is 2. The maximum absolute atomic E-state index is 12.3. The van der Waals surface area contributed by atoms with Crippen molar-refractivity contribution in [2.24, 2.45) is 0 Å². The zero-order valence-corrected chi connectivity index (χ0v) is 14.2. The number of para-hydroxylation sites is 2. The number of carbonyl (C=O) groups excluding carboxylic acids is 1. The number of anilines is 1. The highest BCUT2D eigenvalue weighted by atomic mass is 16.5. The van der Waals surface area contributed by atoms with E-state index in [2.05, 4.69) is 10.5 Å². The number of amides is 1. The lowest BCUT2D eigenvalue weighted by atomic mass is 10.2. The Labute approximate surface area is 145 Å². The average Bonchev–Trinajstić information content (AvgIpc) is 2.95. The summed E-state index contributed by atoms with van der Waals surface area (Å²) in [6, 6.07) is 14.5. The second-order valence-corrected chi connectivity index (χ2v) is 5.43. The summed E-state index contributed by atoms with van der Waals surface area (Å²) in [6.45, 7) is 3.44. The Morgan fingerprint density at radius 3 is 2.32 bits per heavy atom. The number of methoxy groups -OCH3 is 1. The summed E-state index contributed by atoms with van der Waals surface area (Å²) in [7, 11) is 1.59. The van der Waals surface area contributed by atoms with Crippen LogP contribution in [0.25, 0.3) is 0 Å². The molecule has 1 N–H and O–H groups in total. The van der Waals surface area contributed by atoms with Gasteiger partial charge in [0.05, 0.1) is 12.8 Å². The highest BCUT2D eigenvalue weighted by molar-refractivity contribution is 6.05. The summed E-state index contributed by atoms with van der Waals surface area (Å²) in [6.07, 6.45) is 0. The van der Waals surface area contributed by atoms with E-state index in [9.17, 15) is 4.79 Å². The number of ether oxygens (including phenoxy) is 2. The minimum absolute atomic E-state index is 0.255. The van der Waals surface area contributed by atoms with Gasteiger partial charge >= 0.3 is 0 Å². The van der Waals surface area contributed by atoms with E-state index in [1.165, 1.54) is 0 Å². The van der Waals surface area contributed by atoms with Crippen LogP contribution in [0.3, 0.4) is 0 Å². The van der Waals surface area contributed by atoms with Gasteiger partial charge in [-0.3, -0.25) is 4.79 Å². The van der Waals surface area contributed by atoms with Crippen LogP contribution in [0.1, 0.15) is 21.8 Å². The van der Waals surface area contributed by atoms with E-state index in [0.717, 1.165) is 0 Å². The summed E-state index contributed by atoms with van der Waals surface area (Å²) in [4.78, 5) is 12.3. The molecule has 3 rings (SSSR count). The van der Waals surface area contributed by atoms with Crippen LogP contribution >= 0.6 is 0 Å². The quantitative estimate of drug-likeness (QED) is 0.749. The molecule has 6 nitrogen and oxygen atoms in total. The van der Waals surface area contributed by atoms with E-state index in [0.29, 0.717) is 40.0 Å². The van der Waals surface area contributed by atoms with Crippen LogP contribution in [-0.4, -0.2) is 18.2 Å². The zero-order valence-electron chi connectivity index (χ0n) is 14.2. The molecule has 1 aromatic heterocycles. The highest BCUT2D eigenvalue weighted by Crippen LogP contribution is 2.31. The third-order valence-electron chi connectivity index (χ3n) is 3.67. The van der Waals surface area contributed by atoms with E-state index < -0.39 is 0 Å². The molecule has 0 aliphatic heterocycles. The fraction of sp³-hybridized carbons (Fsp3) is 0.158. The number of carbonyl (C=O) groups is 1. The van der Waals surface area contributed by atoms with E-state index in [1.807, 2.05) is 24.3 Å². The van der Waals surface area contributed by atoms with Crippen LogP contribution in [0.15, 0.2) is 53.1 Å². The van der Waals surface area contributed by atoms with Gasteiger partial charge in [-0.15, -0.1) is 0 Å². The van der Waals surface area contributed by atoms with Crippen molar-refractivity contribution in [1.29, 1.82) is 0 Å². The largest absolute Gasteiger partial charge is 0.493 e. The molecule has 6 heteroatoms. The summed E-state index contributed by atoms with van der Waals surface area (Å²) in [5, 5.41) is 6.61. The van der Waals surface area contributed by atoms with Gasteiger partial charge in [-0.2, -0.15) is 0 Å². The molecular weight excluding hydrogens is 320 g/mol. The molecule has 1 heterocycles. The van der Waals surface area contributed by atoms with E-state index >= 15 is 0 Å². The molecule has 0 aliphatic rings. The zero-order chi connectivity index (χ0) is 17.8. The van der Waals surface area contributed by atoms with Gasteiger partial charge in [0.15, 0.2) is 11.5 Å². The van der Waals surface area contributed by atoms with Crippen molar-refractivity contribution in [2.45, 2.75) is 13.8 Å². The maximum Gasteiger partial charge on any atom is 0.261 e. The molecule has 128 valence electrons. The third-order valence-corrected chi connectivity index (χ3v) is 3.67. The van der Waals surface area contributed by atoms with Gasteiger partial charge in [0, 0.05) is 5.69 Å². The Bertz CT molecular complexity index is 865. The first kappa shape index (κ1) is 16.6. The lowest BCUT2D eigenvalue weighted by Gasteiger charge is -2.10. The molecular formula is C19H18N2O4. The first-order valence-electron chi connectivity index (χ1n) is 7.73. The van der Waals surface area contributed by atoms with Gasteiger partial charge in [0.25, 0.3) is 5.91 Å². The van der Waals surface area contributed by atoms with Crippen LogP contribution in [0.4, 0.5) is 5.69 Å². The second-order valence-electron chi connectivity index (χ2n) is 5.43. The summed E-state index contributed by atoms with van der Waals surface area (Å²) >= 11 is 0. The molecule has 3 aromatic rings. The Hall–Kier alpha value is -3.28. The number of nitrogens with zero attached hydrogens (tertiary/aromatic N) is 1. The van der Waals surface area contributed by atoms with Crippen molar-refractivity contribution >= 4 is 11.6 Å². The molecule has 1 amide bonds. The second kappa shape index (κ2) is 7.09. The van der Waals surface area contributed by atoms with Crippen LogP contribution in [0.2, 0.25) is 0 Å². The molecule has 0 saturated heterocycles. The van der Waals surface area contributed by atoms with E-state index in [4.69, 9.17) is 14.0 Å². The van der Waals surface area contributed by atoms with Crippen molar-refractivity contribution in [2.75, 3.05) is 12.4 Å². The summed E-state index contributed by atoms with van der Waals surface area (Å²) in [5.41, 5.74) is 1.66. The van der Waals surface area contributed by atoms with Crippen LogP contribution < -0.4 is 14.8 Å². The first-order valence-corrected chi connectivity index (χ1v) is 7.73. The number of nitrogens with one attached hydrogen (secondary N) is 1. The van der Waals surface area contributed by atoms with Gasteiger partial charge in [0.1, 0.15) is 17.1 Å². The molecule has 0 radical (unpaired) electrons. The maximum atomic E-state index is 12.3. The van der Waals surface area contributed by atoms with E-state index in [1.54, 1.807) is 45.2 Å². The van der Waals surface area contributed by atoms with Crippen molar-refractivity contribution in [3.8, 4) is 17.2 Å². The van der Waals surface area contributed by atoms with E-state index in [-0.39, 0.29) is 5.91 Å². The summed E-state index contributed by atoms with van der Waals surface area (Å²) in [5.74, 6) is 2.15. The lowest BCUT2D eigenvalue weighted by Crippen LogP contribution is -2.13. The van der Waals surface area contributed by atoms with Gasteiger partial charge in [0.2, 0.25) is 0 Å². The van der Waals surface area contributed by atoms with Crippen LogP contribution in [-0.2, 0) is 0 Å². The van der Waals surface area contributed by atoms with Crippen LogP contribution in [0.5, 0.6) is 17.2 Å². The molecule has 0 unspecified atom stereocenters. The molecule has 0 atom stereocenters. The third kappa shape index (κ3) is 3.63. The predicted molar refractivity (Wildman–Crippen MR) is 93.4 cm³/mol. The topological polar surface area (TPSA) is 73.6 Å². The Balaban J connectivity index is 1.71. The lowest BCUT2D eigenvalue weighted by molar-refractivity contribution is 0.102. The number of rotatable bonds is 5. The number of aromatic nitrogens is 1. The Morgan fingerprint density at radius 2 is 1.72 bits per heavy atom. The van der Waals surface area contributed by atoms with Crippen molar-refractivity contribution in [1.82, 2.24) is 5.16 Å². The summed E-state index contributed by atoms with van der Waals surface area (Å²) < 4.78 is 16.1. The van der Waals surface area contributed by atoms with Crippen LogP contribution in [0, 0.1) is 13.8 Å². The standard InChI is InChI=1S/C19H18N2O4/c1-12-18(13(2)25-21-12)19(22)20-14-8-10-15(11-9-14)24-17-7-5-4-6-16(17)23-3/h4-11H,1-3H3,(H,20,22). The number of aryl methyl sites for hydroxylation is 2.